The van der Waals surface area contributed by atoms with E-state index in [0.29, 0.717) is 10.6 Å². The zero-order valence-corrected chi connectivity index (χ0v) is 10.7. The van der Waals surface area contributed by atoms with Crippen molar-refractivity contribution >= 4 is 11.6 Å². The predicted octanol–water partition coefficient (Wildman–Crippen LogP) is 3.32. The maximum absolute atomic E-state index is 8.83. The summed E-state index contributed by atoms with van der Waals surface area (Å²) in [7, 11) is 0. The molecule has 0 spiro atoms. The number of hydrogen-bond acceptors (Lipinski definition) is 2. The molecule has 0 radical (unpaired) electrons. The number of nitrogens with zero attached hydrogens (tertiary/aromatic N) is 3. The molecule has 86 valence electrons. The second kappa shape index (κ2) is 4.23. The van der Waals surface area contributed by atoms with Crippen LogP contribution < -0.4 is 0 Å². The Balaban J connectivity index is 2.58. The summed E-state index contributed by atoms with van der Waals surface area (Å²) in [4.78, 5) is 0. The molecule has 0 N–H and O–H groups in total. The minimum absolute atomic E-state index is 0.454. The zero-order valence-electron chi connectivity index (χ0n) is 9.95. The molecular weight excluding hydrogens is 234 g/mol. The van der Waals surface area contributed by atoms with Gasteiger partial charge in [-0.05, 0) is 44.5 Å². The number of aromatic nitrogens is 2. The first-order chi connectivity index (χ1) is 8.04. The van der Waals surface area contributed by atoms with Crippen molar-refractivity contribution in [1.82, 2.24) is 9.78 Å². The maximum Gasteiger partial charge on any atom is 0.101 e. The van der Waals surface area contributed by atoms with Crippen molar-refractivity contribution in [1.29, 1.82) is 5.26 Å². The highest BCUT2D eigenvalue weighted by atomic mass is 35.5. The average molecular weight is 246 g/mol. The summed E-state index contributed by atoms with van der Waals surface area (Å²) in [6, 6.07) is 7.37. The molecular formula is C13H12ClN3. The largest absolute Gasteiger partial charge is 0.238 e. The molecule has 0 aliphatic heterocycles. The first kappa shape index (κ1) is 11.7. The highest BCUT2D eigenvalue weighted by molar-refractivity contribution is 6.31. The van der Waals surface area contributed by atoms with Gasteiger partial charge in [0.25, 0.3) is 0 Å². The van der Waals surface area contributed by atoms with Crippen molar-refractivity contribution in [2.45, 2.75) is 20.8 Å². The Hall–Kier alpha value is -1.79. The first-order valence-corrected chi connectivity index (χ1v) is 5.65. The highest BCUT2D eigenvalue weighted by Crippen LogP contribution is 2.22. The molecule has 0 fully saturated rings. The van der Waals surface area contributed by atoms with Crippen molar-refractivity contribution < 1.29 is 0 Å². The van der Waals surface area contributed by atoms with Gasteiger partial charge in [0.05, 0.1) is 22.0 Å². The number of rotatable bonds is 1. The second-order valence-corrected chi connectivity index (χ2v) is 4.39. The predicted molar refractivity (Wildman–Crippen MR) is 67.5 cm³/mol. The summed E-state index contributed by atoms with van der Waals surface area (Å²) in [5.41, 5.74) is 4.62. The van der Waals surface area contributed by atoms with Crippen molar-refractivity contribution in [2.75, 3.05) is 0 Å². The van der Waals surface area contributed by atoms with Gasteiger partial charge in [0.2, 0.25) is 0 Å². The van der Waals surface area contributed by atoms with E-state index in [0.717, 1.165) is 17.1 Å². The molecule has 0 atom stereocenters. The summed E-state index contributed by atoms with van der Waals surface area (Å²) in [6.07, 6.45) is 0. The Morgan fingerprint density at radius 1 is 1.29 bits per heavy atom. The van der Waals surface area contributed by atoms with Gasteiger partial charge in [0.15, 0.2) is 0 Å². The lowest BCUT2D eigenvalue weighted by Gasteiger charge is -2.05. The van der Waals surface area contributed by atoms with Gasteiger partial charge in [-0.3, -0.25) is 0 Å². The van der Waals surface area contributed by atoms with E-state index in [4.69, 9.17) is 16.9 Å². The minimum atomic E-state index is 0.454. The minimum Gasteiger partial charge on any atom is -0.238 e. The number of aryl methyl sites for hydroxylation is 1. The van der Waals surface area contributed by atoms with Gasteiger partial charge >= 0.3 is 0 Å². The highest BCUT2D eigenvalue weighted by Gasteiger charge is 2.10. The SMILES string of the molecule is Cc1nn(-c2ccc(C#N)c(Cl)c2)c(C)c1C. The molecule has 1 heterocycles. The van der Waals surface area contributed by atoms with Crippen molar-refractivity contribution in [3.05, 3.63) is 45.7 Å². The summed E-state index contributed by atoms with van der Waals surface area (Å²) in [5, 5.41) is 13.7. The summed E-state index contributed by atoms with van der Waals surface area (Å²) in [5.74, 6) is 0. The molecule has 1 aromatic heterocycles. The van der Waals surface area contributed by atoms with E-state index in [2.05, 4.69) is 5.10 Å². The quantitative estimate of drug-likeness (QED) is 0.773. The third-order valence-electron chi connectivity index (χ3n) is 2.97. The number of benzene rings is 1. The van der Waals surface area contributed by atoms with E-state index in [1.54, 1.807) is 12.1 Å². The molecule has 2 aromatic rings. The molecule has 17 heavy (non-hydrogen) atoms. The van der Waals surface area contributed by atoms with Crippen molar-refractivity contribution in [3.8, 4) is 11.8 Å². The lowest BCUT2D eigenvalue weighted by molar-refractivity contribution is 0.833. The van der Waals surface area contributed by atoms with Crippen LogP contribution >= 0.6 is 11.6 Å². The van der Waals surface area contributed by atoms with Gasteiger partial charge < -0.3 is 0 Å². The van der Waals surface area contributed by atoms with Gasteiger partial charge in [-0.1, -0.05) is 11.6 Å². The van der Waals surface area contributed by atoms with E-state index in [9.17, 15) is 0 Å². The Morgan fingerprint density at radius 2 is 2.00 bits per heavy atom. The van der Waals surface area contributed by atoms with Crippen LogP contribution in [0.15, 0.2) is 18.2 Å². The molecule has 4 heteroatoms. The number of nitriles is 1. The van der Waals surface area contributed by atoms with E-state index in [-0.39, 0.29) is 0 Å². The van der Waals surface area contributed by atoms with Gasteiger partial charge in [0.1, 0.15) is 6.07 Å². The summed E-state index contributed by atoms with van der Waals surface area (Å²) < 4.78 is 1.84. The average Bonchev–Trinajstić information content (AvgIpc) is 2.57. The lowest BCUT2D eigenvalue weighted by Crippen LogP contribution is -1.99. The van der Waals surface area contributed by atoms with Crippen molar-refractivity contribution in [3.63, 3.8) is 0 Å². The molecule has 2 rings (SSSR count). The van der Waals surface area contributed by atoms with Crippen LogP contribution in [0.4, 0.5) is 0 Å². The lowest BCUT2D eigenvalue weighted by atomic mass is 10.2. The van der Waals surface area contributed by atoms with Crippen LogP contribution in [0.25, 0.3) is 5.69 Å². The zero-order chi connectivity index (χ0) is 12.6. The fraction of sp³-hybridized carbons (Fsp3) is 0.231. The van der Waals surface area contributed by atoms with Crippen LogP contribution in [-0.2, 0) is 0 Å². The third kappa shape index (κ3) is 1.92. The van der Waals surface area contributed by atoms with E-state index < -0.39 is 0 Å². The topological polar surface area (TPSA) is 41.6 Å². The molecule has 0 saturated carbocycles. The summed E-state index contributed by atoms with van der Waals surface area (Å²) in [6.45, 7) is 6.03. The molecule has 0 saturated heterocycles. The van der Waals surface area contributed by atoms with Crippen LogP contribution in [0.3, 0.4) is 0 Å². The standard InChI is InChI=1S/C13H12ClN3/c1-8-9(2)16-17(10(8)3)12-5-4-11(7-15)13(14)6-12/h4-6H,1-3H3. The van der Waals surface area contributed by atoms with Crippen molar-refractivity contribution in [2.24, 2.45) is 0 Å². The number of hydrogen-bond donors (Lipinski definition) is 0. The van der Waals surface area contributed by atoms with Gasteiger partial charge in [-0.15, -0.1) is 0 Å². The van der Waals surface area contributed by atoms with Crippen LogP contribution in [0.2, 0.25) is 5.02 Å². The molecule has 0 aliphatic rings. The molecule has 3 nitrogen and oxygen atoms in total. The van der Waals surface area contributed by atoms with E-state index in [1.165, 1.54) is 5.56 Å². The summed E-state index contributed by atoms with van der Waals surface area (Å²) >= 11 is 6.01. The van der Waals surface area contributed by atoms with Crippen LogP contribution in [0.1, 0.15) is 22.5 Å². The van der Waals surface area contributed by atoms with Crippen LogP contribution in [-0.4, -0.2) is 9.78 Å². The van der Waals surface area contributed by atoms with Gasteiger partial charge in [-0.2, -0.15) is 10.4 Å². The van der Waals surface area contributed by atoms with E-state index in [1.807, 2.05) is 37.6 Å². The smallest absolute Gasteiger partial charge is 0.101 e. The van der Waals surface area contributed by atoms with Crippen LogP contribution in [0, 0.1) is 32.1 Å². The van der Waals surface area contributed by atoms with Gasteiger partial charge in [0, 0.05) is 5.69 Å². The fourth-order valence-corrected chi connectivity index (χ4v) is 1.92. The normalized spacial score (nSPS) is 10.3. The van der Waals surface area contributed by atoms with E-state index >= 15 is 0 Å². The maximum atomic E-state index is 8.83. The molecule has 0 bridgehead atoms. The Morgan fingerprint density at radius 3 is 2.47 bits per heavy atom. The number of halogens is 1. The van der Waals surface area contributed by atoms with Gasteiger partial charge in [-0.25, -0.2) is 4.68 Å². The molecule has 0 amide bonds. The second-order valence-electron chi connectivity index (χ2n) is 3.98. The molecule has 0 unspecified atom stereocenters. The van der Waals surface area contributed by atoms with Crippen LogP contribution in [0.5, 0.6) is 0 Å². The molecule has 0 aliphatic carbocycles. The molecule has 1 aromatic carbocycles. The first-order valence-electron chi connectivity index (χ1n) is 5.27. The Kier molecular flexibility index (Phi) is 2.91. The third-order valence-corrected chi connectivity index (χ3v) is 3.28. The Bertz CT molecular complexity index is 620. The monoisotopic (exact) mass is 245 g/mol. The Labute approximate surface area is 105 Å². The fourth-order valence-electron chi connectivity index (χ4n) is 1.70.